The van der Waals surface area contributed by atoms with Crippen LogP contribution in [0, 0.1) is 6.92 Å². The number of ether oxygens (including phenoxy) is 1. The van der Waals surface area contributed by atoms with Gasteiger partial charge < -0.3 is 30.0 Å². The largest absolute Gasteiger partial charge is 0.501 e. The standard InChI is InChI=1S/C26H27N5O5/c1-16-13-18-11-7-8-12-19(18)31(16)15-27-22(33)20-21(32)23(34)29-24(28-20)26(2,3)30-25(35)36-14-17-9-5-4-6-10-17/h4-13,32H,14-15H2,1-3H3,(H,27,33)(H,30,35)(H,28,29,34). The zero-order valence-corrected chi connectivity index (χ0v) is 20.2. The summed E-state index contributed by atoms with van der Waals surface area (Å²) >= 11 is 0. The van der Waals surface area contributed by atoms with Crippen molar-refractivity contribution in [2.45, 2.75) is 39.6 Å². The van der Waals surface area contributed by atoms with E-state index in [2.05, 4.69) is 20.6 Å². The summed E-state index contributed by atoms with van der Waals surface area (Å²) in [5.41, 5.74) is 0.100. The smallest absolute Gasteiger partial charge is 0.408 e. The van der Waals surface area contributed by atoms with Crippen molar-refractivity contribution in [3.63, 3.8) is 0 Å². The molecule has 0 aliphatic rings. The maximum atomic E-state index is 12.9. The number of aryl methyl sites for hydroxylation is 1. The van der Waals surface area contributed by atoms with Gasteiger partial charge in [0.15, 0.2) is 5.69 Å². The van der Waals surface area contributed by atoms with Gasteiger partial charge in [-0.15, -0.1) is 0 Å². The fourth-order valence-corrected chi connectivity index (χ4v) is 3.79. The molecule has 4 rings (SSSR count). The van der Waals surface area contributed by atoms with Crippen molar-refractivity contribution in [1.82, 2.24) is 25.2 Å². The Balaban J connectivity index is 1.49. The molecule has 0 spiro atoms. The van der Waals surface area contributed by atoms with Gasteiger partial charge in [0.2, 0.25) is 5.75 Å². The van der Waals surface area contributed by atoms with Crippen LogP contribution in [-0.4, -0.2) is 31.6 Å². The summed E-state index contributed by atoms with van der Waals surface area (Å²) in [6.07, 6.45) is -0.736. The van der Waals surface area contributed by atoms with Crippen molar-refractivity contribution in [3.05, 3.63) is 93.8 Å². The molecule has 0 aliphatic carbocycles. The van der Waals surface area contributed by atoms with Crippen molar-refractivity contribution in [1.29, 1.82) is 0 Å². The lowest BCUT2D eigenvalue weighted by Gasteiger charge is -2.25. The number of H-pyrrole nitrogens is 1. The fourth-order valence-electron chi connectivity index (χ4n) is 3.79. The quantitative estimate of drug-likeness (QED) is 0.314. The monoisotopic (exact) mass is 489 g/mol. The molecule has 2 heterocycles. The predicted octanol–water partition coefficient (Wildman–Crippen LogP) is 3.29. The molecule has 0 radical (unpaired) electrons. The maximum absolute atomic E-state index is 12.9. The number of aromatic amines is 1. The van der Waals surface area contributed by atoms with E-state index < -0.39 is 34.5 Å². The van der Waals surface area contributed by atoms with E-state index in [0.717, 1.165) is 22.2 Å². The molecule has 2 aromatic carbocycles. The molecule has 2 amide bonds. The van der Waals surface area contributed by atoms with Gasteiger partial charge in [0.25, 0.3) is 11.5 Å². The van der Waals surface area contributed by atoms with Crippen molar-refractivity contribution >= 4 is 22.9 Å². The maximum Gasteiger partial charge on any atom is 0.408 e. The van der Waals surface area contributed by atoms with Gasteiger partial charge >= 0.3 is 6.09 Å². The lowest BCUT2D eigenvalue weighted by atomic mass is 10.0. The summed E-state index contributed by atoms with van der Waals surface area (Å²) in [6.45, 7) is 5.25. The third kappa shape index (κ3) is 5.22. The molecule has 2 aromatic heterocycles. The first-order valence-corrected chi connectivity index (χ1v) is 11.3. The van der Waals surface area contributed by atoms with E-state index in [-0.39, 0.29) is 19.1 Å². The average Bonchev–Trinajstić information content (AvgIpc) is 3.18. The fraction of sp³-hybridized carbons (Fsp3) is 0.231. The molecule has 0 aliphatic heterocycles. The Labute approximate surface area is 206 Å². The normalized spacial score (nSPS) is 11.3. The Morgan fingerprint density at radius 3 is 2.56 bits per heavy atom. The highest BCUT2D eigenvalue weighted by molar-refractivity contribution is 5.94. The van der Waals surface area contributed by atoms with Gasteiger partial charge in [-0.25, -0.2) is 9.78 Å². The summed E-state index contributed by atoms with van der Waals surface area (Å²) in [4.78, 5) is 44.3. The van der Waals surface area contributed by atoms with Crippen molar-refractivity contribution in [3.8, 4) is 5.75 Å². The third-order valence-corrected chi connectivity index (χ3v) is 5.74. The van der Waals surface area contributed by atoms with Crippen LogP contribution in [0.1, 0.15) is 41.4 Å². The predicted molar refractivity (Wildman–Crippen MR) is 133 cm³/mol. The van der Waals surface area contributed by atoms with Crippen molar-refractivity contribution in [2.24, 2.45) is 0 Å². The van der Waals surface area contributed by atoms with Crippen LogP contribution >= 0.6 is 0 Å². The number of hydrogen-bond donors (Lipinski definition) is 4. The highest BCUT2D eigenvalue weighted by atomic mass is 16.5. The summed E-state index contributed by atoms with van der Waals surface area (Å²) in [5.74, 6) is -1.57. The van der Waals surface area contributed by atoms with E-state index in [1.54, 1.807) is 13.8 Å². The molecular formula is C26H27N5O5. The van der Waals surface area contributed by atoms with Crippen LogP contribution in [-0.2, 0) is 23.6 Å². The Morgan fingerprint density at radius 2 is 1.81 bits per heavy atom. The first-order valence-electron chi connectivity index (χ1n) is 11.3. The number of fused-ring (bicyclic) bond motifs is 1. The number of para-hydroxylation sites is 1. The third-order valence-electron chi connectivity index (χ3n) is 5.74. The van der Waals surface area contributed by atoms with E-state index in [1.165, 1.54) is 0 Å². The van der Waals surface area contributed by atoms with Gasteiger partial charge in [0.1, 0.15) is 12.4 Å². The van der Waals surface area contributed by atoms with E-state index in [0.29, 0.717) is 0 Å². The van der Waals surface area contributed by atoms with E-state index in [9.17, 15) is 19.5 Å². The van der Waals surface area contributed by atoms with Crippen LogP contribution in [0.3, 0.4) is 0 Å². The van der Waals surface area contributed by atoms with Gasteiger partial charge in [0.05, 0.1) is 12.2 Å². The first-order chi connectivity index (χ1) is 17.2. The van der Waals surface area contributed by atoms with Crippen LogP contribution in [0.25, 0.3) is 10.9 Å². The highest BCUT2D eigenvalue weighted by Gasteiger charge is 2.29. The van der Waals surface area contributed by atoms with E-state index in [1.807, 2.05) is 72.2 Å². The molecule has 4 aromatic rings. The Morgan fingerprint density at radius 1 is 1.11 bits per heavy atom. The van der Waals surface area contributed by atoms with Gasteiger partial charge in [-0.2, -0.15) is 0 Å². The zero-order chi connectivity index (χ0) is 25.9. The number of carbonyl (C=O) groups excluding carboxylic acids is 2. The molecule has 0 saturated carbocycles. The van der Waals surface area contributed by atoms with Gasteiger partial charge in [0, 0.05) is 11.2 Å². The molecule has 0 atom stereocenters. The molecule has 0 unspecified atom stereocenters. The Kier molecular flexibility index (Phi) is 6.77. The second-order valence-electron chi connectivity index (χ2n) is 8.86. The van der Waals surface area contributed by atoms with Gasteiger partial charge in [-0.05, 0) is 43.9 Å². The van der Waals surface area contributed by atoms with Crippen LogP contribution < -0.4 is 16.2 Å². The number of alkyl carbamates (subject to hydrolysis) is 1. The number of nitrogens with zero attached hydrogens (tertiary/aromatic N) is 2. The van der Waals surface area contributed by atoms with E-state index in [4.69, 9.17) is 4.74 Å². The second kappa shape index (κ2) is 9.95. The SMILES string of the molecule is Cc1cc2ccccc2n1CNC(=O)c1nc(C(C)(C)NC(=O)OCc2ccccc2)[nH]c(=O)c1O. The Hall–Kier alpha value is -4.60. The zero-order valence-electron chi connectivity index (χ0n) is 20.2. The minimum atomic E-state index is -1.22. The molecule has 4 N–H and O–H groups in total. The van der Waals surface area contributed by atoms with Crippen LogP contribution in [0.15, 0.2) is 65.5 Å². The molecule has 186 valence electrons. The molecule has 10 heteroatoms. The Bertz CT molecular complexity index is 1470. The molecular weight excluding hydrogens is 462 g/mol. The number of aromatic hydroxyl groups is 1. The van der Waals surface area contributed by atoms with Gasteiger partial charge in [-0.3, -0.25) is 9.59 Å². The number of hydrogen-bond acceptors (Lipinski definition) is 6. The summed E-state index contributed by atoms with van der Waals surface area (Å²) in [6, 6.07) is 18.9. The number of carbonyl (C=O) groups is 2. The number of rotatable bonds is 7. The topological polar surface area (TPSA) is 138 Å². The molecule has 36 heavy (non-hydrogen) atoms. The minimum absolute atomic E-state index is 0.0188. The summed E-state index contributed by atoms with van der Waals surface area (Å²) in [7, 11) is 0. The van der Waals surface area contributed by atoms with Crippen LogP contribution in [0.5, 0.6) is 5.75 Å². The van der Waals surface area contributed by atoms with Crippen molar-refractivity contribution < 1.29 is 19.4 Å². The molecule has 0 saturated heterocycles. The van der Waals surface area contributed by atoms with Crippen LogP contribution in [0.2, 0.25) is 0 Å². The van der Waals surface area contributed by atoms with Crippen molar-refractivity contribution in [2.75, 3.05) is 0 Å². The second-order valence-corrected chi connectivity index (χ2v) is 8.86. The number of amides is 2. The minimum Gasteiger partial charge on any atom is -0.501 e. The number of nitrogens with one attached hydrogen (secondary N) is 3. The molecule has 10 nitrogen and oxygen atoms in total. The first kappa shape index (κ1) is 24.5. The van der Waals surface area contributed by atoms with E-state index >= 15 is 0 Å². The average molecular weight is 490 g/mol. The summed E-state index contributed by atoms with van der Waals surface area (Å²) in [5, 5.41) is 16.6. The number of benzene rings is 2. The summed E-state index contributed by atoms with van der Waals surface area (Å²) < 4.78 is 7.14. The van der Waals surface area contributed by atoms with Gasteiger partial charge in [-0.1, -0.05) is 48.5 Å². The molecule has 0 bridgehead atoms. The lowest BCUT2D eigenvalue weighted by molar-refractivity contribution is 0.0933. The van der Waals surface area contributed by atoms with Crippen LogP contribution in [0.4, 0.5) is 4.79 Å². The highest BCUT2D eigenvalue weighted by Crippen LogP contribution is 2.20. The molecule has 0 fully saturated rings. The lowest BCUT2D eigenvalue weighted by Crippen LogP contribution is -2.44. The number of aromatic nitrogens is 3.